The largest absolute Gasteiger partial charge is 0.494 e. The Kier molecular flexibility index (Phi) is 6.11. The molecule has 120 valence electrons. The molecular weight excluding hydrogens is 299 g/mol. The summed E-state index contributed by atoms with van der Waals surface area (Å²) in [6.45, 7) is 0.388. The Bertz CT molecular complexity index is 662. The molecule has 6 heteroatoms. The van der Waals surface area contributed by atoms with E-state index in [1.807, 2.05) is 30.3 Å². The van der Waals surface area contributed by atoms with Gasteiger partial charge in [-0.25, -0.2) is 4.39 Å². The van der Waals surface area contributed by atoms with Crippen molar-refractivity contribution in [1.29, 1.82) is 0 Å². The van der Waals surface area contributed by atoms with Crippen molar-refractivity contribution in [3.63, 3.8) is 0 Å². The lowest BCUT2D eigenvalue weighted by Gasteiger charge is -2.08. The van der Waals surface area contributed by atoms with Crippen LogP contribution in [0.2, 0.25) is 0 Å². The SMILES string of the molecule is O=C(CCCOc1ccccc1)NNC(=O)c1ccccc1F. The van der Waals surface area contributed by atoms with Crippen LogP contribution >= 0.6 is 0 Å². The van der Waals surface area contributed by atoms with Crippen LogP contribution in [0, 0.1) is 5.82 Å². The highest BCUT2D eigenvalue weighted by Gasteiger charge is 2.11. The maximum atomic E-state index is 13.4. The van der Waals surface area contributed by atoms with Gasteiger partial charge in [-0.3, -0.25) is 20.4 Å². The first-order chi connectivity index (χ1) is 11.2. The summed E-state index contributed by atoms with van der Waals surface area (Å²) in [5.41, 5.74) is 4.30. The fourth-order valence-electron chi connectivity index (χ4n) is 1.84. The zero-order valence-electron chi connectivity index (χ0n) is 12.4. The average Bonchev–Trinajstić information content (AvgIpc) is 2.58. The first-order valence-electron chi connectivity index (χ1n) is 7.18. The highest BCUT2D eigenvalue weighted by atomic mass is 19.1. The van der Waals surface area contributed by atoms with Gasteiger partial charge in [0.2, 0.25) is 5.91 Å². The maximum absolute atomic E-state index is 13.4. The van der Waals surface area contributed by atoms with Crippen LogP contribution in [0.15, 0.2) is 54.6 Å². The number of carbonyl (C=O) groups excluding carboxylic acids is 2. The molecule has 0 heterocycles. The van der Waals surface area contributed by atoms with E-state index >= 15 is 0 Å². The molecule has 0 aliphatic heterocycles. The maximum Gasteiger partial charge on any atom is 0.272 e. The van der Waals surface area contributed by atoms with Crippen molar-refractivity contribution in [3.05, 3.63) is 66.0 Å². The van der Waals surface area contributed by atoms with Gasteiger partial charge in [0, 0.05) is 6.42 Å². The summed E-state index contributed by atoms with van der Waals surface area (Å²) in [5.74, 6) is -0.973. The molecule has 0 aliphatic rings. The minimum atomic E-state index is -0.697. The van der Waals surface area contributed by atoms with Crippen molar-refractivity contribution in [1.82, 2.24) is 10.9 Å². The number of hydrogen-bond acceptors (Lipinski definition) is 3. The van der Waals surface area contributed by atoms with Crippen molar-refractivity contribution in [2.75, 3.05) is 6.61 Å². The van der Waals surface area contributed by atoms with Gasteiger partial charge in [0.05, 0.1) is 12.2 Å². The van der Waals surface area contributed by atoms with E-state index in [0.717, 1.165) is 5.75 Å². The molecule has 2 rings (SSSR count). The molecule has 0 fully saturated rings. The Morgan fingerprint density at radius 3 is 2.39 bits per heavy atom. The molecule has 0 aliphatic carbocycles. The van der Waals surface area contributed by atoms with Crippen LogP contribution in [0.1, 0.15) is 23.2 Å². The molecule has 0 unspecified atom stereocenters. The van der Waals surface area contributed by atoms with Crippen molar-refractivity contribution in [3.8, 4) is 5.75 Å². The minimum absolute atomic E-state index is 0.125. The predicted octanol–water partition coefficient (Wildman–Crippen LogP) is 2.45. The second-order valence-corrected chi connectivity index (χ2v) is 4.75. The average molecular weight is 316 g/mol. The molecule has 2 aromatic rings. The molecule has 0 saturated carbocycles. The summed E-state index contributed by atoms with van der Waals surface area (Å²) in [6.07, 6.45) is 0.681. The third kappa shape index (κ3) is 5.43. The Labute approximate surface area is 133 Å². The first kappa shape index (κ1) is 16.5. The second kappa shape index (κ2) is 8.53. The fraction of sp³-hybridized carbons (Fsp3) is 0.176. The topological polar surface area (TPSA) is 67.4 Å². The number of rotatable bonds is 6. The van der Waals surface area contributed by atoms with E-state index in [2.05, 4.69) is 10.9 Å². The zero-order chi connectivity index (χ0) is 16.5. The Hall–Kier alpha value is -2.89. The van der Waals surface area contributed by atoms with E-state index < -0.39 is 11.7 Å². The lowest BCUT2D eigenvalue weighted by Crippen LogP contribution is -2.41. The first-order valence-corrected chi connectivity index (χ1v) is 7.18. The minimum Gasteiger partial charge on any atom is -0.494 e. The number of nitrogens with one attached hydrogen (secondary N) is 2. The number of halogens is 1. The zero-order valence-corrected chi connectivity index (χ0v) is 12.4. The molecule has 2 N–H and O–H groups in total. The number of carbonyl (C=O) groups is 2. The summed E-state index contributed by atoms with van der Waals surface area (Å²) in [5, 5.41) is 0. The molecule has 0 spiro atoms. The lowest BCUT2D eigenvalue weighted by molar-refractivity contribution is -0.122. The summed E-state index contributed by atoms with van der Waals surface area (Å²) < 4.78 is 18.8. The van der Waals surface area contributed by atoms with Gasteiger partial charge in [0.1, 0.15) is 11.6 Å². The van der Waals surface area contributed by atoms with Crippen LogP contribution in [0.4, 0.5) is 4.39 Å². The summed E-state index contributed by atoms with van der Waals surface area (Å²) in [4.78, 5) is 23.3. The van der Waals surface area contributed by atoms with E-state index in [9.17, 15) is 14.0 Å². The smallest absolute Gasteiger partial charge is 0.272 e. The molecule has 0 saturated heterocycles. The standard InChI is InChI=1S/C17H17FN2O3/c18-15-10-5-4-9-14(15)17(22)20-19-16(21)11-6-12-23-13-7-2-1-3-8-13/h1-5,7-10H,6,11-12H2,(H,19,21)(H,20,22). The predicted molar refractivity (Wildman–Crippen MR) is 83.2 cm³/mol. The van der Waals surface area contributed by atoms with Gasteiger partial charge >= 0.3 is 0 Å². The third-order valence-electron chi connectivity index (χ3n) is 2.99. The number of amides is 2. The van der Waals surface area contributed by atoms with E-state index in [1.54, 1.807) is 6.07 Å². The van der Waals surface area contributed by atoms with Gasteiger partial charge in [-0.2, -0.15) is 0 Å². The lowest BCUT2D eigenvalue weighted by atomic mass is 10.2. The van der Waals surface area contributed by atoms with Gasteiger partial charge < -0.3 is 4.74 Å². The molecule has 0 bridgehead atoms. The molecule has 0 aromatic heterocycles. The van der Waals surface area contributed by atoms with Crippen LogP contribution in [0.5, 0.6) is 5.75 Å². The van der Waals surface area contributed by atoms with E-state index in [-0.39, 0.29) is 17.9 Å². The molecule has 0 atom stereocenters. The summed E-state index contributed by atoms with van der Waals surface area (Å²) in [6, 6.07) is 14.8. The normalized spacial score (nSPS) is 9.96. The highest BCUT2D eigenvalue weighted by molar-refractivity contribution is 5.95. The van der Waals surface area contributed by atoms with Gasteiger partial charge in [-0.05, 0) is 30.7 Å². The Morgan fingerprint density at radius 1 is 0.957 bits per heavy atom. The van der Waals surface area contributed by atoms with Crippen LogP contribution in [0.3, 0.4) is 0 Å². The van der Waals surface area contributed by atoms with Crippen molar-refractivity contribution in [2.45, 2.75) is 12.8 Å². The van der Waals surface area contributed by atoms with Crippen LogP contribution in [-0.2, 0) is 4.79 Å². The van der Waals surface area contributed by atoms with Crippen molar-refractivity contribution < 1.29 is 18.7 Å². The Morgan fingerprint density at radius 2 is 1.65 bits per heavy atom. The molecular formula is C17H17FN2O3. The van der Waals surface area contributed by atoms with Crippen molar-refractivity contribution >= 4 is 11.8 Å². The van der Waals surface area contributed by atoms with E-state index in [1.165, 1.54) is 18.2 Å². The number of ether oxygens (including phenoxy) is 1. The highest BCUT2D eigenvalue weighted by Crippen LogP contribution is 2.08. The van der Waals surface area contributed by atoms with Crippen LogP contribution < -0.4 is 15.6 Å². The monoisotopic (exact) mass is 316 g/mol. The summed E-state index contributed by atoms with van der Waals surface area (Å²) in [7, 11) is 0. The van der Waals surface area contributed by atoms with Gasteiger partial charge in [-0.15, -0.1) is 0 Å². The van der Waals surface area contributed by atoms with Gasteiger partial charge in [-0.1, -0.05) is 30.3 Å². The molecule has 2 amide bonds. The fourth-order valence-corrected chi connectivity index (χ4v) is 1.84. The van der Waals surface area contributed by atoms with Crippen molar-refractivity contribution in [2.24, 2.45) is 0 Å². The number of benzene rings is 2. The molecule has 2 aromatic carbocycles. The molecule has 5 nitrogen and oxygen atoms in total. The summed E-state index contributed by atoms with van der Waals surface area (Å²) >= 11 is 0. The van der Waals surface area contributed by atoms with E-state index in [0.29, 0.717) is 13.0 Å². The van der Waals surface area contributed by atoms with Crippen LogP contribution in [-0.4, -0.2) is 18.4 Å². The number of hydrazine groups is 1. The van der Waals surface area contributed by atoms with E-state index in [4.69, 9.17) is 4.74 Å². The Balaban J connectivity index is 1.65. The molecule has 23 heavy (non-hydrogen) atoms. The van der Waals surface area contributed by atoms with Gasteiger partial charge in [0.15, 0.2) is 0 Å². The third-order valence-corrected chi connectivity index (χ3v) is 2.99. The van der Waals surface area contributed by atoms with Gasteiger partial charge in [0.25, 0.3) is 5.91 Å². The quantitative estimate of drug-likeness (QED) is 0.635. The van der Waals surface area contributed by atoms with Crippen LogP contribution in [0.25, 0.3) is 0 Å². The number of para-hydroxylation sites is 1. The number of hydrogen-bond donors (Lipinski definition) is 2. The molecule has 0 radical (unpaired) electrons. The second-order valence-electron chi connectivity index (χ2n) is 4.75.